The Balaban J connectivity index is 2.09. The molecule has 2 atom stereocenters. The molecule has 2 amide bonds. The van der Waals surface area contributed by atoms with Crippen molar-refractivity contribution in [2.24, 2.45) is 0 Å². The first kappa shape index (κ1) is 22.6. The zero-order valence-electron chi connectivity index (χ0n) is 18.1. The highest BCUT2D eigenvalue weighted by molar-refractivity contribution is 7.84. The van der Waals surface area contributed by atoms with Crippen LogP contribution in [0.15, 0.2) is 48.7 Å². The number of fused-ring (bicyclic) bond motifs is 1. The Morgan fingerprint density at radius 2 is 1.94 bits per heavy atom. The van der Waals surface area contributed by atoms with Crippen molar-refractivity contribution in [1.82, 2.24) is 4.90 Å². The Labute approximate surface area is 184 Å². The van der Waals surface area contributed by atoms with Crippen LogP contribution in [0.25, 0.3) is 0 Å². The van der Waals surface area contributed by atoms with Crippen molar-refractivity contribution in [3.63, 3.8) is 0 Å². The van der Waals surface area contributed by atoms with E-state index in [0.29, 0.717) is 46.2 Å². The van der Waals surface area contributed by atoms with Crippen LogP contribution in [0.4, 0.5) is 5.69 Å². The van der Waals surface area contributed by atoms with Gasteiger partial charge in [0.05, 0.1) is 36.6 Å². The van der Waals surface area contributed by atoms with Crippen molar-refractivity contribution < 1.29 is 23.3 Å². The monoisotopic (exact) mass is 442 g/mol. The maximum atomic E-state index is 13.4. The Bertz CT molecular complexity index is 1070. The molecule has 2 aromatic rings. The predicted octanol–water partition coefficient (Wildman–Crippen LogP) is 3.76. The average molecular weight is 443 g/mol. The SMILES string of the molecule is C=C(C)Nc1cccc2c1C(=O)N(C(CS(C)=O)c1ccc(OC)c(OCC)c1)C2=O. The van der Waals surface area contributed by atoms with E-state index >= 15 is 0 Å². The fourth-order valence-electron chi connectivity index (χ4n) is 3.63. The van der Waals surface area contributed by atoms with Gasteiger partial charge in [0.2, 0.25) is 0 Å². The summed E-state index contributed by atoms with van der Waals surface area (Å²) in [6.07, 6.45) is 1.55. The van der Waals surface area contributed by atoms with Gasteiger partial charge in [0.1, 0.15) is 0 Å². The smallest absolute Gasteiger partial charge is 0.264 e. The summed E-state index contributed by atoms with van der Waals surface area (Å²) in [5.41, 5.74) is 2.41. The van der Waals surface area contributed by atoms with Crippen LogP contribution in [0.3, 0.4) is 0 Å². The average Bonchev–Trinajstić information content (AvgIpc) is 2.97. The minimum absolute atomic E-state index is 0.104. The lowest BCUT2D eigenvalue weighted by Crippen LogP contribution is -2.37. The number of ether oxygens (including phenoxy) is 2. The third-order valence-corrected chi connectivity index (χ3v) is 5.66. The first-order valence-electron chi connectivity index (χ1n) is 9.82. The number of benzene rings is 2. The van der Waals surface area contributed by atoms with Gasteiger partial charge in [0, 0.05) is 28.5 Å². The van der Waals surface area contributed by atoms with Gasteiger partial charge < -0.3 is 14.8 Å². The van der Waals surface area contributed by atoms with Crippen molar-refractivity contribution in [2.75, 3.05) is 31.0 Å². The van der Waals surface area contributed by atoms with Crippen LogP contribution in [0.2, 0.25) is 0 Å². The minimum atomic E-state index is -1.27. The molecule has 0 aliphatic carbocycles. The number of anilines is 1. The number of imide groups is 1. The van der Waals surface area contributed by atoms with Crippen molar-refractivity contribution in [3.8, 4) is 11.5 Å². The molecule has 3 rings (SSSR count). The van der Waals surface area contributed by atoms with Crippen LogP contribution in [0, 0.1) is 0 Å². The van der Waals surface area contributed by atoms with E-state index < -0.39 is 28.7 Å². The second-order valence-electron chi connectivity index (χ2n) is 7.21. The molecule has 0 aromatic heterocycles. The second kappa shape index (κ2) is 9.34. The maximum Gasteiger partial charge on any atom is 0.264 e. The van der Waals surface area contributed by atoms with Gasteiger partial charge in [-0.1, -0.05) is 18.7 Å². The summed E-state index contributed by atoms with van der Waals surface area (Å²) in [6, 6.07) is 9.56. The molecule has 1 N–H and O–H groups in total. The maximum absolute atomic E-state index is 13.4. The second-order valence-corrected chi connectivity index (χ2v) is 8.69. The molecule has 31 heavy (non-hydrogen) atoms. The van der Waals surface area contributed by atoms with Crippen LogP contribution >= 0.6 is 0 Å². The van der Waals surface area contributed by atoms with Gasteiger partial charge in [0.25, 0.3) is 11.8 Å². The van der Waals surface area contributed by atoms with Crippen LogP contribution in [-0.4, -0.2) is 46.6 Å². The van der Waals surface area contributed by atoms with E-state index in [9.17, 15) is 13.8 Å². The van der Waals surface area contributed by atoms with Crippen molar-refractivity contribution in [1.29, 1.82) is 0 Å². The number of hydrogen-bond donors (Lipinski definition) is 1. The zero-order chi connectivity index (χ0) is 22.7. The molecular formula is C23H26N2O5S. The summed E-state index contributed by atoms with van der Waals surface area (Å²) in [4.78, 5) is 27.9. The molecule has 1 heterocycles. The molecule has 1 aliphatic rings. The number of amides is 2. The van der Waals surface area contributed by atoms with E-state index in [1.165, 1.54) is 12.0 Å². The Morgan fingerprint density at radius 1 is 1.19 bits per heavy atom. The number of hydrogen-bond acceptors (Lipinski definition) is 6. The first-order valence-corrected chi connectivity index (χ1v) is 11.5. The topological polar surface area (TPSA) is 84.9 Å². The van der Waals surface area contributed by atoms with Crippen LogP contribution in [0.1, 0.15) is 46.2 Å². The standard InChI is InChI=1S/C23H26N2O5S/c1-6-30-20-12-15(10-11-19(20)29-4)18(13-31(5)28)25-22(26)16-8-7-9-17(24-14(2)3)21(16)23(25)27/h7-12,18,24H,2,6,13H2,1,3-5H3. The molecule has 2 unspecified atom stereocenters. The first-order chi connectivity index (χ1) is 14.8. The highest BCUT2D eigenvalue weighted by Gasteiger charge is 2.42. The number of nitrogens with zero attached hydrogens (tertiary/aromatic N) is 1. The molecule has 0 saturated heterocycles. The van der Waals surface area contributed by atoms with E-state index in [4.69, 9.17) is 9.47 Å². The fraction of sp³-hybridized carbons (Fsp3) is 0.304. The van der Waals surface area contributed by atoms with Crippen molar-refractivity contribution in [3.05, 3.63) is 65.4 Å². The van der Waals surface area contributed by atoms with Gasteiger partial charge in [0.15, 0.2) is 11.5 Å². The van der Waals surface area contributed by atoms with Gasteiger partial charge in [-0.3, -0.25) is 18.7 Å². The molecule has 0 saturated carbocycles. The lowest BCUT2D eigenvalue weighted by atomic mass is 10.1. The van der Waals surface area contributed by atoms with Gasteiger partial charge in [-0.25, -0.2) is 0 Å². The summed E-state index contributed by atoms with van der Waals surface area (Å²) in [6.45, 7) is 7.87. The molecule has 0 fully saturated rings. The minimum Gasteiger partial charge on any atom is -0.493 e. The van der Waals surface area contributed by atoms with Gasteiger partial charge in [-0.15, -0.1) is 0 Å². The molecule has 2 aromatic carbocycles. The summed E-state index contributed by atoms with van der Waals surface area (Å²) in [5, 5.41) is 3.05. The Kier molecular flexibility index (Phi) is 6.80. The van der Waals surface area contributed by atoms with Crippen molar-refractivity contribution >= 4 is 28.3 Å². The molecule has 8 heteroatoms. The normalized spacial score (nSPS) is 14.8. The van der Waals surface area contributed by atoms with E-state index in [1.807, 2.05) is 6.92 Å². The molecule has 0 spiro atoms. The lowest BCUT2D eigenvalue weighted by molar-refractivity contribution is 0.0598. The number of nitrogens with one attached hydrogen (secondary N) is 1. The third kappa shape index (κ3) is 4.49. The highest BCUT2D eigenvalue weighted by atomic mass is 32.2. The summed E-state index contributed by atoms with van der Waals surface area (Å²) in [7, 11) is 0.271. The third-order valence-electron chi connectivity index (χ3n) is 4.87. The molecule has 7 nitrogen and oxygen atoms in total. The number of rotatable bonds is 9. The van der Waals surface area contributed by atoms with E-state index in [-0.39, 0.29) is 5.75 Å². The number of methoxy groups -OCH3 is 1. The summed E-state index contributed by atoms with van der Waals surface area (Å²) in [5.74, 6) is 0.281. The molecular weight excluding hydrogens is 416 g/mol. The summed E-state index contributed by atoms with van der Waals surface area (Å²) < 4.78 is 23.2. The molecule has 164 valence electrons. The fourth-order valence-corrected chi connectivity index (χ4v) is 4.42. The van der Waals surface area contributed by atoms with Crippen molar-refractivity contribution in [2.45, 2.75) is 19.9 Å². The number of carbonyl (C=O) groups excluding carboxylic acids is 2. The largest absolute Gasteiger partial charge is 0.493 e. The van der Waals surface area contributed by atoms with Crippen LogP contribution < -0.4 is 14.8 Å². The molecule has 1 aliphatic heterocycles. The molecule has 0 bridgehead atoms. The Hall–Kier alpha value is -3.13. The number of allylic oxidation sites excluding steroid dienone is 1. The molecule has 0 radical (unpaired) electrons. The predicted molar refractivity (Wildman–Crippen MR) is 121 cm³/mol. The van der Waals surface area contributed by atoms with Crippen LogP contribution in [0.5, 0.6) is 11.5 Å². The van der Waals surface area contributed by atoms with E-state index in [1.54, 1.807) is 49.6 Å². The quantitative estimate of drug-likeness (QED) is 0.596. The number of carbonyl (C=O) groups is 2. The van der Waals surface area contributed by atoms with E-state index in [2.05, 4.69) is 11.9 Å². The highest BCUT2D eigenvalue weighted by Crippen LogP contribution is 2.38. The van der Waals surface area contributed by atoms with Gasteiger partial charge in [-0.2, -0.15) is 0 Å². The Morgan fingerprint density at radius 3 is 2.55 bits per heavy atom. The van der Waals surface area contributed by atoms with E-state index in [0.717, 1.165) is 0 Å². The van der Waals surface area contributed by atoms with Gasteiger partial charge >= 0.3 is 0 Å². The zero-order valence-corrected chi connectivity index (χ0v) is 18.9. The van der Waals surface area contributed by atoms with Crippen LogP contribution in [-0.2, 0) is 10.8 Å². The van der Waals surface area contributed by atoms with Gasteiger partial charge in [-0.05, 0) is 43.7 Å². The lowest BCUT2D eigenvalue weighted by Gasteiger charge is -2.26. The summed E-state index contributed by atoms with van der Waals surface area (Å²) >= 11 is 0.